The van der Waals surface area contributed by atoms with Gasteiger partial charge in [-0.25, -0.2) is 0 Å². The van der Waals surface area contributed by atoms with Gasteiger partial charge in [-0.2, -0.15) is 0 Å². The van der Waals surface area contributed by atoms with E-state index >= 15 is 0 Å². The fourth-order valence-corrected chi connectivity index (χ4v) is 4.15. The number of hydrogen-bond acceptors (Lipinski definition) is 5. The van der Waals surface area contributed by atoms with Crippen LogP contribution in [-0.4, -0.2) is 26.4 Å². The van der Waals surface area contributed by atoms with Crippen LogP contribution in [-0.2, 0) is 17.9 Å². The van der Waals surface area contributed by atoms with Crippen molar-refractivity contribution in [2.75, 3.05) is 11.1 Å². The summed E-state index contributed by atoms with van der Waals surface area (Å²) in [6.07, 6.45) is 0. The van der Waals surface area contributed by atoms with Crippen molar-refractivity contribution in [2.45, 2.75) is 25.2 Å². The van der Waals surface area contributed by atoms with Crippen molar-refractivity contribution in [1.82, 2.24) is 14.8 Å². The average Bonchev–Trinajstić information content (AvgIpc) is 3.11. The Bertz CT molecular complexity index is 1040. The molecule has 0 atom stereocenters. The number of carbonyl (C=O) groups excluding carboxylic acids is 1. The van der Waals surface area contributed by atoms with Gasteiger partial charge in [0.1, 0.15) is 12.4 Å². The smallest absolute Gasteiger partial charge is 0.234 e. The zero-order valence-corrected chi connectivity index (χ0v) is 19.5. The Kier molecular flexibility index (Phi) is 8.13. The van der Waals surface area contributed by atoms with E-state index < -0.39 is 0 Å². The first-order valence-corrected chi connectivity index (χ1v) is 11.3. The second-order valence-electron chi connectivity index (χ2n) is 5.94. The molecule has 6 nitrogen and oxygen atoms in total. The quantitative estimate of drug-likeness (QED) is 0.368. The number of anilines is 1. The van der Waals surface area contributed by atoms with Crippen LogP contribution in [0.2, 0.25) is 20.1 Å². The molecule has 1 heterocycles. The normalized spacial score (nSPS) is 10.8. The van der Waals surface area contributed by atoms with Crippen LogP contribution < -0.4 is 10.1 Å². The minimum Gasteiger partial charge on any atom is -0.484 e. The molecular formula is C19H16Cl4N4O2S. The Labute approximate surface area is 197 Å². The van der Waals surface area contributed by atoms with E-state index in [1.807, 2.05) is 11.5 Å². The average molecular weight is 506 g/mol. The first-order valence-electron chi connectivity index (χ1n) is 8.75. The standard InChI is InChI=1S/C19H16Cl4N4O2S/c1-2-27-16(9-29-15-8-11(20)6-7-12(15)21)25-26-19(27)30-10-17(28)24-18-13(22)4-3-5-14(18)23/h3-8H,2,9-10H2,1H3,(H,24,28). The molecule has 0 aliphatic carbocycles. The van der Waals surface area contributed by atoms with E-state index in [1.54, 1.807) is 36.4 Å². The molecule has 3 aromatic rings. The maximum Gasteiger partial charge on any atom is 0.234 e. The first-order chi connectivity index (χ1) is 14.4. The summed E-state index contributed by atoms with van der Waals surface area (Å²) in [5.74, 6) is 0.912. The molecule has 0 fully saturated rings. The van der Waals surface area contributed by atoms with E-state index in [0.29, 0.717) is 49.1 Å². The summed E-state index contributed by atoms with van der Waals surface area (Å²) >= 11 is 25.5. The minimum absolute atomic E-state index is 0.112. The van der Waals surface area contributed by atoms with Crippen molar-refractivity contribution in [1.29, 1.82) is 0 Å². The predicted molar refractivity (Wildman–Crippen MR) is 122 cm³/mol. The second-order valence-corrected chi connectivity index (χ2v) is 8.54. The largest absolute Gasteiger partial charge is 0.484 e. The van der Waals surface area contributed by atoms with Crippen LogP contribution in [0.25, 0.3) is 0 Å². The van der Waals surface area contributed by atoms with Gasteiger partial charge in [0.2, 0.25) is 5.91 Å². The summed E-state index contributed by atoms with van der Waals surface area (Å²) in [6, 6.07) is 10.00. The fourth-order valence-electron chi connectivity index (χ4n) is 2.50. The van der Waals surface area contributed by atoms with Crippen LogP contribution in [0.4, 0.5) is 5.69 Å². The van der Waals surface area contributed by atoms with Crippen LogP contribution in [0.3, 0.4) is 0 Å². The van der Waals surface area contributed by atoms with Gasteiger partial charge in [0.15, 0.2) is 11.0 Å². The second kappa shape index (κ2) is 10.6. The van der Waals surface area contributed by atoms with Gasteiger partial charge in [-0.1, -0.05) is 64.2 Å². The highest BCUT2D eigenvalue weighted by atomic mass is 35.5. The Hall–Kier alpha value is -1.64. The molecule has 2 aromatic carbocycles. The number of benzene rings is 2. The zero-order valence-electron chi connectivity index (χ0n) is 15.7. The molecule has 11 heteroatoms. The monoisotopic (exact) mass is 504 g/mol. The molecule has 3 rings (SSSR count). The van der Waals surface area contributed by atoms with Crippen LogP contribution in [0.1, 0.15) is 12.7 Å². The number of hydrogen-bond donors (Lipinski definition) is 1. The van der Waals surface area contributed by atoms with Crippen LogP contribution in [0.5, 0.6) is 5.75 Å². The Balaban J connectivity index is 1.62. The summed E-state index contributed by atoms with van der Waals surface area (Å²) in [7, 11) is 0. The third-order valence-electron chi connectivity index (χ3n) is 3.92. The number of carbonyl (C=O) groups is 1. The maximum absolute atomic E-state index is 12.3. The summed E-state index contributed by atoms with van der Waals surface area (Å²) in [4.78, 5) is 12.3. The Morgan fingerprint density at radius 3 is 2.53 bits per heavy atom. The molecule has 1 amide bonds. The highest BCUT2D eigenvalue weighted by Gasteiger charge is 2.16. The summed E-state index contributed by atoms with van der Waals surface area (Å²) in [5.41, 5.74) is 0.385. The van der Waals surface area contributed by atoms with Crippen molar-refractivity contribution in [3.8, 4) is 5.75 Å². The van der Waals surface area contributed by atoms with Gasteiger partial charge in [0.05, 0.1) is 26.5 Å². The van der Waals surface area contributed by atoms with E-state index in [9.17, 15) is 4.79 Å². The third kappa shape index (κ3) is 5.74. The van der Waals surface area contributed by atoms with E-state index in [4.69, 9.17) is 51.1 Å². The lowest BCUT2D eigenvalue weighted by atomic mass is 10.3. The highest BCUT2D eigenvalue weighted by Crippen LogP contribution is 2.31. The van der Waals surface area contributed by atoms with Gasteiger partial charge in [0, 0.05) is 17.6 Å². The fraction of sp³-hybridized carbons (Fsp3) is 0.211. The summed E-state index contributed by atoms with van der Waals surface area (Å²) in [6.45, 7) is 2.71. The van der Waals surface area contributed by atoms with E-state index in [-0.39, 0.29) is 18.3 Å². The molecule has 0 saturated heterocycles. The third-order valence-corrected chi connectivity index (χ3v) is 6.06. The molecule has 0 saturated carbocycles. The predicted octanol–water partition coefficient (Wildman–Crippen LogP) is 6.22. The van der Waals surface area contributed by atoms with Gasteiger partial charge in [-0.3, -0.25) is 4.79 Å². The van der Waals surface area contributed by atoms with Crippen molar-refractivity contribution in [2.24, 2.45) is 0 Å². The number of para-hydroxylation sites is 1. The molecule has 0 aliphatic rings. The van der Waals surface area contributed by atoms with Gasteiger partial charge in [-0.05, 0) is 31.2 Å². The number of aromatic nitrogens is 3. The first kappa shape index (κ1) is 23.0. The lowest BCUT2D eigenvalue weighted by molar-refractivity contribution is -0.113. The minimum atomic E-state index is -0.260. The van der Waals surface area contributed by atoms with E-state index in [1.165, 1.54) is 11.8 Å². The molecule has 158 valence electrons. The number of thioether (sulfide) groups is 1. The van der Waals surface area contributed by atoms with Gasteiger partial charge in [0.25, 0.3) is 0 Å². The molecule has 30 heavy (non-hydrogen) atoms. The Morgan fingerprint density at radius 2 is 1.83 bits per heavy atom. The molecule has 0 spiro atoms. The SMILES string of the molecule is CCn1c(COc2cc(Cl)ccc2Cl)nnc1SCC(=O)Nc1c(Cl)cccc1Cl. The van der Waals surface area contributed by atoms with Crippen molar-refractivity contribution >= 4 is 69.8 Å². The van der Waals surface area contributed by atoms with Crippen molar-refractivity contribution in [3.05, 3.63) is 62.3 Å². The summed E-state index contributed by atoms with van der Waals surface area (Å²) in [5, 5.41) is 13.3. The van der Waals surface area contributed by atoms with Crippen molar-refractivity contribution < 1.29 is 9.53 Å². The molecule has 0 radical (unpaired) electrons. The number of rotatable bonds is 8. The van der Waals surface area contributed by atoms with Crippen LogP contribution >= 0.6 is 58.2 Å². The zero-order chi connectivity index (χ0) is 21.7. The number of nitrogens with one attached hydrogen (secondary N) is 1. The van der Waals surface area contributed by atoms with E-state index in [0.717, 1.165) is 0 Å². The van der Waals surface area contributed by atoms with Crippen LogP contribution in [0, 0.1) is 0 Å². The van der Waals surface area contributed by atoms with Crippen LogP contribution in [0.15, 0.2) is 41.6 Å². The Morgan fingerprint density at radius 1 is 1.10 bits per heavy atom. The van der Waals surface area contributed by atoms with Gasteiger partial charge >= 0.3 is 0 Å². The lowest BCUT2D eigenvalue weighted by Gasteiger charge is -2.11. The molecular weight excluding hydrogens is 490 g/mol. The topological polar surface area (TPSA) is 69.0 Å². The maximum atomic E-state index is 12.3. The van der Waals surface area contributed by atoms with Gasteiger partial charge in [-0.15, -0.1) is 10.2 Å². The van der Waals surface area contributed by atoms with Gasteiger partial charge < -0.3 is 14.6 Å². The number of nitrogens with zero attached hydrogens (tertiary/aromatic N) is 3. The lowest BCUT2D eigenvalue weighted by Crippen LogP contribution is -2.15. The summed E-state index contributed by atoms with van der Waals surface area (Å²) < 4.78 is 7.59. The number of amides is 1. The molecule has 0 aliphatic heterocycles. The highest BCUT2D eigenvalue weighted by molar-refractivity contribution is 7.99. The number of ether oxygens (including phenoxy) is 1. The van der Waals surface area contributed by atoms with E-state index in [2.05, 4.69) is 15.5 Å². The molecule has 1 N–H and O–H groups in total. The number of halogens is 4. The molecule has 1 aromatic heterocycles. The van der Waals surface area contributed by atoms with Crippen molar-refractivity contribution in [3.63, 3.8) is 0 Å². The molecule has 0 bridgehead atoms. The molecule has 0 unspecified atom stereocenters.